The van der Waals surface area contributed by atoms with Crippen LogP contribution < -0.4 is 5.14 Å². The second kappa shape index (κ2) is 3.72. The molecule has 0 spiro atoms. The molecule has 4 nitrogen and oxygen atoms in total. The van der Waals surface area contributed by atoms with Crippen LogP contribution in [-0.2, 0) is 10.0 Å². The van der Waals surface area contributed by atoms with Gasteiger partial charge in [-0.15, -0.1) is 0 Å². The molecule has 0 saturated carbocycles. The Morgan fingerprint density at radius 2 is 2.25 bits per heavy atom. The molecule has 0 radical (unpaired) electrons. The van der Waals surface area contributed by atoms with E-state index in [1.165, 1.54) is 12.8 Å². The van der Waals surface area contributed by atoms with Gasteiger partial charge in [0.15, 0.2) is 0 Å². The Hall–Kier alpha value is -0.130. The van der Waals surface area contributed by atoms with Gasteiger partial charge < -0.3 is 0 Å². The summed E-state index contributed by atoms with van der Waals surface area (Å²) in [6, 6.07) is 0.520. The zero-order chi connectivity index (χ0) is 9.19. The minimum Gasteiger partial charge on any atom is -0.300 e. The van der Waals surface area contributed by atoms with E-state index in [0.29, 0.717) is 12.6 Å². The van der Waals surface area contributed by atoms with Crippen LogP contribution in [0.25, 0.3) is 0 Å². The molecule has 0 aliphatic carbocycles. The van der Waals surface area contributed by atoms with Crippen molar-refractivity contribution in [3.8, 4) is 0 Å². The quantitative estimate of drug-likeness (QED) is 0.671. The Balaban J connectivity index is 2.32. The normalized spacial score (nSPS) is 26.3. The Labute approximate surface area is 73.8 Å². The highest BCUT2D eigenvalue weighted by Crippen LogP contribution is 2.15. The Morgan fingerprint density at radius 1 is 1.58 bits per heavy atom. The number of sulfonamides is 1. The lowest BCUT2D eigenvalue weighted by Crippen LogP contribution is -2.33. The van der Waals surface area contributed by atoms with E-state index >= 15 is 0 Å². The van der Waals surface area contributed by atoms with Gasteiger partial charge in [-0.05, 0) is 26.3 Å². The average molecular weight is 192 g/mol. The summed E-state index contributed by atoms with van der Waals surface area (Å²) in [6.07, 6.45) is 2.34. The lowest BCUT2D eigenvalue weighted by atomic mass is 10.2. The molecular formula is C7H16N2O2S. The molecule has 0 aromatic heterocycles. The van der Waals surface area contributed by atoms with Gasteiger partial charge in [0.25, 0.3) is 0 Å². The van der Waals surface area contributed by atoms with Gasteiger partial charge in [0, 0.05) is 12.6 Å². The minimum atomic E-state index is -3.28. The van der Waals surface area contributed by atoms with Gasteiger partial charge in [0.1, 0.15) is 0 Å². The zero-order valence-corrected chi connectivity index (χ0v) is 8.18. The summed E-state index contributed by atoms with van der Waals surface area (Å²) in [5, 5.41) is 4.90. The van der Waals surface area contributed by atoms with Crippen molar-refractivity contribution < 1.29 is 8.42 Å². The summed E-state index contributed by atoms with van der Waals surface area (Å²) in [7, 11) is -3.28. The number of hydrogen-bond acceptors (Lipinski definition) is 3. The molecule has 1 aliphatic rings. The third-order valence-electron chi connectivity index (χ3n) is 2.35. The topological polar surface area (TPSA) is 63.4 Å². The molecule has 2 N–H and O–H groups in total. The molecule has 1 aliphatic heterocycles. The van der Waals surface area contributed by atoms with Crippen molar-refractivity contribution in [2.24, 2.45) is 5.14 Å². The SMILES string of the molecule is CC1CCCN1CCS(N)(=O)=O. The van der Waals surface area contributed by atoms with E-state index in [4.69, 9.17) is 5.14 Å². The van der Waals surface area contributed by atoms with Crippen LogP contribution in [0.3, 0.4) is 0 Å². The fraction of sp³-hybridized carbons (Fsp3) is 1.00. The summed E-state index contributed by atoms with van der Waals surface area (Å²) in [4.78, 5) is 2.17. The van der Waals surface area contributed by atoms with E-state index in [0.717, 1.165) is 6.54 Å². The molecule has 1 rings (SSSR count). The molecule has 72 valence electrons. The van der Waals surface area contributed by atoms with Gasteiger partial charge >= 0.3 is 0 Å². The predicted molar refractivity (Wildman–Crippen MR) is 48.2 cm³/mol. The fourth-order valence-electron chi connectivity index (χ4n) is 1.57. The molecule has 1 saturated heterocycles. The molecule has 1 fully saturated rings. The maximum absolute atomic E-state index is 10.6. The van der Waals surface area contributed by atoms with E-state index in [2.05, 4.69) is 11.8 Å². The van der Waals surface area contributed by atoms with Crippen molar-refractivity contribution in [2.75, 3.05) is 18.8 Å². The van der Waals surface area contributed by atoms with Crippen molar-refractivity contribution in [1.29, 1.82) is 0 Å². The molecule has 0 amide bonds. The van der Waals surface area contributed by atoms with Gasteiger partial charge in [0.2, 0.25) is 10.0 Å². The van der Waals surface area contributed by atoms with Gasteiger partial charge in [-0.3, -0.25) is 4.90 Å². The van der Waals surface area contributed by atoms with Crippen LogP contribution in [-0.4, -0.2) is 38.2 Å². The Morgan fingerprint density at radius 3 is 2.67 bits per heavy atom. The largest absolute Gasteiger partial charge is 0.300 e. The van der Waals surface area contributed by atoms with E-state index in [1.807, 2.05) is 0 Å². The third-order valence-corrected chi connectivity index (χ3v) is 3.11. The van der Waals surface area contributed by atoms with Crippen LogP contribution >= 0.6 is 0 Å². The van der Waals surface area contributed by atoms with Crippen molar-refractivity contribution in [3.63, 3.8) is 0 Å². The van der Waals surface area contributed by atoms with Crippen LogP contribution in [0.15, 0.2) is 0 Å². The number of nitrogens with zero attached hydrogens (tertiary/aromatic N) is 1. The van der Waals surface area contributed by atoms with Gasteiger partial charge in [0.05, 0.1) is 5.75 Å². The summed E-state index contributed by atoms with van der Waals surface area (Å²) in [5.41, 5.74) is 0. The first-order valence-corrected chi connectivity index (χ1v) is 5.95. The minimum absolute atomic E-state index is 0.0807. The van der Waals surface area contributed by atoms with Crippen LogP contribution in [0, 0.1) is 0 Å². The van der Waals surface area contributed by atoms with Crippen molar-refractivity contribution in [2.45, 2.75) is 25.8 Å². The molecule has 1 atom stereocenters. The predicted octanol–water partition coefficient (Wildman–Crippen LogP) is -0.241. The highest BCUT2D eigenvalue weighted by molar-refractivity contribution is 7.89. The van der Waals surface area contributed by atoms with E-state index < -0.39 is 10.0 Å². The Kier molecular flexibility index (Phi) is 3.09. The lowest BCUT2D eigenvalue weighted by Gasteiger charge is -2.19. The Bertz CT molecular complexity index is 238. The van der Waals surface area contributed by atoms with E-state index in [-0.39, 0.29) is 5.75 Å². The first-order valence-electron chi connectivity index (χ1n) is 4.23. The van der Waals surface area contributed by atoms with Gasteiger partial charge in [-0.1, -0.05) is 0 Å². The lowest BCUT2D eigenvalue weighted by molar-refractivity contribution is 0.284. The second-order valence-electron chi connectivity index (χ2n) is 3.39. The smallest absolute Gasteiger partial charge is 0.210 e. The molecule has 0 aromatic carbocycles. The second-order valence-corrected chi connectivity index (χ2v) is 5.13. The standard InChI is InChI=1S/C7H16N2O2S/c1-7-3-2-4-9(7)5-6-12(8,10)11/h7H,2-6H2,1H3,(H2,8,10,11). The molecule has 0 bridgehead atoms. The average Bonchev–Trinajstić information content (AvgIpc) is 2.29. The van der Waals surface area contributed by atoms with E-state index in [1.54, 1.807) is 0 Å². The van der Waals surface area contributed by atoms with Gasteiger partial charge in [-0.25, -0.2) is 13.6 Å². The third kappa shape index (κ3) is 3.08. The number of likely N-dealkylation sites (tertiary alicyclic amines) is 1. The van der Waals surface area contributed by atoms with Crippen LogP contribution in [0.4, 0.5) is 0 Å². The summed E-state index contributed by atoms with van der Waals surface area (Å²) in [6.45, 7) is 3.72. The van der Waals surface area contributed by atoms with Crippen LogP contribution in [0.5, 0.6) is 0 Å². The molecule has 1 unspecified atom stereocenters. The fourth-order valence-corrected chi connectivity index (χ4v) is 2.06. The van der Waals surface area contributed by atoms with Gasteiger partial charge in [-0.2, -0.15) is 0 Å². The molecule has 1 heterocycles. The molecule has 0 aromatic rings. The maximum Gasteiger partial charge on any atom is 0.210 e. The summed E-state index contributed by atoms with van der Waals surface area (Å²) < 4.78 is 21.3. The number of hydrogen-bond donors (Lipinski definition) is 1. The molecule has 12 heavy (non-hydrogen) atoms. The monoisotopic (exact) mass is 192 g/mol. The van der Waals surface area contributed by atoms with Crippen LogP contribution in [0.1, 0.15) is 19.8 Å². The number of primary sulfonamides is 1. The molecule has 5 heteroatoms. The highest BCUT2D eigenvalue weighted by atomic mass is 32.2. The first-order chi connectivity index (χ1) is 5.49. The summed E-state index contributed by atoms with van der Waals surface area (Å²) >= 11 is 0. The van der Waals surface area contributed by atoms with Crippen molar-refractivity contribution >= 4 is 10.0 Å². The molecular weight excluding hydrogens is 176 g/mol. The highest BCUT2D eigenvalue weighted by Gasteiger charge is 2.20. The van der Waals surface area contributed by atoms with E-state index in [9.17, 15) is 8.42 Å². The number of rotatable bonds is 3. The maximum atomic E-state index is 10.6. The van der Waals surface area contributed by atoms with Crippen LogP contribution in [0.2, 0.25) is 0 Å². The number of nitrogens with two attached hydrogens (primary N) is 1. The van der Waals surface area contributed by atoms with Crippen molar-refractivity contribution in [1.82, 2.24) is 4.90 Å². The summed E-state index contributed by atoms with van der Waals surface area (Å²) in [5.74, 6) is 0.0807. The first kappa shape index (κ1) is 9.95. The zero-order valence-electron chi connectivity index (χ0n) is 7.36. The van der Waals surface area contributed by atoms with Crippen molar-refractivity contribution in [3.05, 3.63) is 0 Å².